The molecule has 0 N–H and O–H groups in total. The predicted octanol–water partition coefficient (Wildman–Crippen LogP) is 2.84. The van der Waals surface area contributed by atoms with Crippen LogP contribution in [0.3, 0.4) is 0 Å². The SMILES string of the molecule is Fc1ccc(OCCOCC(F)(F)F)c([B-](F)(F)F)c1. The average Bonchev–Trinajstić information content (AvgIpc) is 2.27. The topological polar surface area (TPSA) is 18.5 Å². The molecule has 0 fully saturated rings. The van der Waals surface area contributed by atoms with E-state index in [4.69, 9.17) is 0 Å². The molecule has 10 heteroatoms. The minimum absolute atomic E-state index is 0.270. The summed E-state index contributed by atoms with van der Waals surface area (Å²) in [6.45, 7) is -8.06. The summed E-state index contributed by atoms with van der Waals surface area (Å²) in [5, 5.41) is 0. The summed E-state index contributed by atoms with van der Waals surface area (Å²) in [4.78, 5) is 0. The van der Waals surface area contributed by atoms with Gasteiger partial charge in [-0.15, -0.1) is 0 Å². The maximum atomic E-state index is 12.8. The van der Waals surface area contributed by atoms with E-state index >= 15 is 0 Å². The molecular formula is C10H9BF7O2-. The minimum atomic E-state index is -5.49. The van der Waals surface area contributed by atoms with E-state index < -0.39 is 50.0 Å². The molecule has 2 nitrogen and oxygen atoms in total. The van der Waals surface area contributed by atoms with Gasteiger partial charge in [0, 0.05) is 0 Å². The van der Waals surface area contributed by atoms with E-state index in [0.717, 1.165) is 12.1 Å². The summed E-state index contributed by atoms with van der Waals surface area (Å²) >= 11 is 0. The lowest BCUT2D eigenvalue weighted by atomic mass is 9.79. The Morgan fingerprint density at radius 2 is 1.70 bits per heavy atom. The summed E-state index contributed by atoms with van der Waals surface area (Å²) in [5.41, 5.74) is -1.28. The fourth-order valence-electron chi connectivity index (χ4n) is 1.31. The molecule has 0 heterocycles. The second-order valence-corrected chi connectivity index (χ2v) is 3.77. The molecule has 20 heavy (non-hydrogen) atoms. The van der Waals surface area contributed by atoms with Gasteiger partial charge < -0.3 is 22.4 Å². The van der Waals surface area contributed by atoms with E-state index in [1.54, 1.807) is 0 Å². The Hall–Kier alpha value is -1.45. The normalized spacial score (nSPS) is 12.6. The van der Waals surface area contributed by atoms with Gasteiger partial charge in [0.15, 0.2) is 0 Å². The van der Waals surface area contributed by atoms with E-state index in [0.29, 0.717) is 0 Å². The highest BCUT2D eigenvalue weighted by Gasteiger charge is 2.30. The van der Waals surface area contributed by atoms with Crippen molar-refractivity contribution in [1.29, 1.82) is 0 Å². The zero-order valence-corrected chi connectivity index (χ0v) is 9.89. The first-order valence-electron chi connectivity index (χ1n) is 5.36. The first kappa shape index (κ1) is 16.6. The second-order valence-electron chi connectivity index (χ2n) is 3.77. The van der Waals surface area contributed by atoms with Gasteiger partial charge in [0.05, 0.1) is 12.4 Å². The van der Waals surface area contributed by atoms with Gasteiger partial charge in [0.2, 0.25) is 0 Å². The van der Waals surface area contributed by atoms with Crippen LogP contribution >= 0.6 is 0 Å². The molecule has 0 aliphatic rings. The van der Waals surface area contributed by atoms with Crippen LogP contribution in [0.1, 0.15) is 0 Å². The van der Waals surface area contributed by atoms with Crippen molar-refractivity contribution in [3.05, 3.63) is 24.0 Å². The number of hydrogen-bond donors (Lipinski definition) is 0. The maximum absolute atomic E-state index is 12.8. The minimum Gasteiger partial charge on any atom is -0.494 e. The molecule has 1 aromatic carbocycles. The van der Waals surface area contributed by atoms with Crippen LogP contribution in [-0.2, 0) is 4.74 Å². The Balaban J connectivity index is 2.56. The zero-order chi connectivity index (χ0) is 15.4. The van der Waals surface area contributed by atoms with Crippen LogP contribution in [0.25, 0.3) is 0 Å². The van der Waals surface area contributed by atoms with Gasteiger partial charge in [0.1, 0.15) is 19.0 Å². The first-order valence-corrected chi connectivity index (χ1v) is 5.36. The third-order valence-corrected chi connectivity index (χ3v) is 2.08. The highest BCUT2D eigenvalue weighted by Crippen LogP contribution is 2.19. The van der Waals surface area contributed by atoms with Crippen molar-refractivity contribution in [2.45, 2.75) is 6.18 Å². The fourth-order valence-corrected chi connectivity index (χ4v) is 1.31. The Kier molecular flexibility index (Phi) is 5.26. The monoisotopic (exact) mass is 305 g/mol. The second kappa shape index (κ2) is 6.34. The van der Waals surface area contributed by atoms with Crippen LogP contribution in [0.4, 0.5) is 30.5 Å². The van der Waals surface area contributed by atoms with Gasteiger partial charge in [-0.3, -0.25) is 0 Å². The number of rotatable bonds is 6. The molecule has 0 aliphatic heterocycles. The molecule has 0 aromatic heterocycles. The molecule has 1 aromatic rings. The molecule has 0 radical (unpaired) electrons. The fraction of sp³-hybridized carbons (Fsp3) is 0.400. The van der Waals surface area contributed by atoms with E-state index in [1.807, 2.05) is 0 Å². The van der Waals surface area contributed by atoms with Crippen LogP contribution in [-0.4, -0.2) is 33.0 Å². The predicted molar refractivity (Wildman–Crippen MR) is 57.5 cm³/mol. The molecule has 0 amide bonds. The van der Waals surface area contributed by atoms with Crippen molar-refractivity contribution in [2.24, 2.45) is 0 Å². The van der Waals surface area contributed by atoms with Crippen LogP contribution in [0.2, 0.25) is 0 Å². The van der Waals surface area contributed by atoms with Crippen molar-refractivity contribution in [3.63, 3.8) is 0 Å². The Morgan fingerprint density at radius 3 is 2.25 bits per heavy atom. The van der Waals surface area contributed by atoms with Gasteiger partial charge in [-0.2, -0.15) is 13.2 Å². The largest absolute Gasteiger partial charge is 0.513 e. The van der Waals surface area contributed by atoms with Crippen LogP contribution in [0, 0.1) is 5.82 Å². The van der Waals surface area contributed by atoms with E-state index in [2.05, 4.69) is 9.47 Å². The highest BCUT2D eigenvalue weighted by atomic mass is 19.4. The molecule has 1 rings (SSSR count). The van der Waals surface area contributed by atoms with Gasteiger partial charge in [-0.05, 0) is 18.2 Å². The third-order valence-electron chi connectivity index (χ3n) is 2.08. The molecule has 0 aliphatic carbocycles. The van der Waals surface area contributed by atoms with Crippen molar-refractivity contribution < 1.29 is 40.0 Å². The van der Waals surface area contributed by atoms with Crippen molar-refractivity contribution >= 4 is 12.4 Å². The van der Waals surface area contributed by atoms with E-state index in [1.165, 1.54) is 0 Å². The van der Waals surface area contributed by atoms with Crippen LogP contribution in [0.5, 0.6) is 5.75 Å². The first-order chi connectivity index (χ1) is 9.09. The summed E-state index contributed by atoms with van der Waals surface area (Å²) < 4.78 is 94.5. The van der Waals surface area contributed by atoms with Crippen molar-refractivity contribution in [3.8, 4) is 5.75 Å². The van der Waals surface area contributed by atoms with Gasteiger partial charge in [-0.25, -0.2) is 4.39 Å². The van der Waals surface area contributed by atoms with Crippen molar-refractivity contribution in [1.82, 2.24) is 0 Å². The summed E-state index contributed by atoms with van der Waals surface area (Å²) in [5.74, 6) is -1.73. The average molecular weight is 305 g/mol. The highest BCUT2D eigenvalue weighted by molar-refractivity contribution is 6.74. The Labute approximate surface area is 109 Å². The van der Waals surface area contributed by atoms with Crippen LogP contribution in [0.15, 0.2) is 18.2 Å². The maximum Gasteiger partial charge on any atom is 0.513 e. The van der Waals surface area contributed by atoms with E-state index in [9.17, 15) is 30.5 Å². The molecule has 0 atom stereocenters. The smallest absolute Gasteiger partial charge is 0.494 e. The molecule has 0 saturated carbocycles. The lowest BCUT2D eigenvalue weighted by Gasteiger charge is -2.20. The lowest BCUT2D eigenvalue weighted by molar-refractivity contribution is -0.175. The molecular weight excluding hydrogens is 296 g/mol. The Bertz CT molecular complexity index is 444. The molecule has 114 valence electrons. The molecule has 0 bridgehead atoms. The van der Waals surface area contributed by atoms with Gasteiger partial charge >= 0.3 is 13.2 Å². The summed E-state index contributed by atoms with van der Waals surface area (Å²) in [6.07, 6.45) is -4.52. The number of halogens is 7. The standard InChI is InChI=1S/C10H9BF7O2/c12-7-1-2-9(8(5-7)11(16,17)18)20-4-3-19-6-10(13,14)15/h1-2,5H,3-4,6H2/q-1. The van der Waals surface area contributed by atoms with Crippen LogP contribution < -0.4 is 10.2 Å². The quantitative estimate of drug-likeness (QED) is 0.457. The zero-order valence-electron chi connectivity index (χ0n) is 9.89. The molecule has 0 spiro atoms. The van der Waals surface area contributed by atoms with Gasteiger partial charge in [-0.1, -0.05) is 5.46 Å². The summed E-state index contributed by atoms with van der Waals surface area (Å²) in [7, 11) is 0. The molecule has 0 unspecified atom stereocenters. The number of ether oxygens (including phenoxy) is 2. The van der Waals surface area contributed by atoms with Crippen molar-refractivity contribution in [2.75, 3.05) is 19.8 Å². The Morgan fingerprint density at radius 1 is 1.05 bits per heavy atom. The van der Waals surface area contributed by atoms with Gasteiger partial charge in [0.25, 0.3) is 0 Å². The molecule has 0 saturated heterocycles. The summed E-state index contributed by atoms with van der Waals surface area (Å²) in [6, 6.07) is 1.80. The number of benzene rings is 1. The lowest BCUT2D eigenvalue weighted by Crippen LogP contribution is -2.36. The third kappa shape index (κ3) is 5.68. The number of hydrogen-bond acceptors (Lipinski definition) is 2. The van der Waals surface area contributed by atoms with E-state index in [-0.39, 0.29) is 6.07 Å². The number of alkyl halides is 3.